The van der Waals surface area contributed by atoms with E-state index >= 15 is 0 Å². The summed E-state index contributed by atoms with van der Waals surface area (Å²) >= 11 is 5.80. The summed E-state index contributed by atoms with van der Waals surface area (Å²) in [6.45, 7) is 0. The Hall–Kier alpha value is -2.91. The van der Waals surface area contributed by atoms with Gasteiger partial charge in [-0.05, 0) is 23.8 Å². The Balaban J connectivity index is 2.06. The molecule has 10 heteroatoms. The number of para-hydroxylation sites is 1. The number of hydrogen-bond acceptors (Lipinski definition) is 6. The van der Waals surface area contributed by atoms with Crippen LogP contribution < -0.4 is 10.3 Å². The Labute approximate surface area is 152 Å². The van der Waals surface area contributed by atoms with E-state index in [-0.39, 0.29) is 17.2 Å². The fraction of sp³-hybridized carbons (Fsp3) is 0.0625. The molecule has 8 nitrogen and oxygen atoms in total. The van der Waals surface area contributed by atoms with Crippen molar-refractivity contribution in [2.24, 2.45) is 0 Å². The highest BCUT2D eigenvalue weighted by Gasteiger charge is 2.25. The summed E-state index contributed by atoms with van der Waals surface area (Å²) in [5.74, 6) is 0.0867. The lowest BCUT2D eigenvalue weighted by Crippen LogP contribution is -2.14. The summed E-state index contributed by atoms with van der Waals surface area (Å²) in [7, 11) is -4.22. The fourth-order valence-corrected chi connectivity index (χ4v) is 3.89. The molecule has 3 aromatic rings. The van der Waals surface area contributed by atoms with Crippen molar-refractivity contribution in [2.75, 3.05) is 4.72 Å². The maximum Gasteiger partial charge on any atom is 0.336 e. The van der Waals surface area contributed by atoms with Gasteiger partial charge in [0.05, 0.1) is 10.6 Å². The van der Waals surface area contributed by atoms with Crippen LogP contribution in [0.5, 0.6) is 0 Å². The fourth-order valence-electron chi connectivity index (χ4n) is 2.45. The molecule has 134 valence electrons. The molecule has 1 N–H and O–H groups in total. The van der Waals surface area contributed by atoms with Crippen molar-refractivity contribution in [1.29, 1.82) is 0 Å². The van der Waals surface area contributed by atoms with E-state index < -0.39 is 31.2 Å². The average Bonchev–Trinajstić information content (AvgIpc) is 2.60. The average molecular weight is 395 g/mol. The third kappa shape index (κ3) is 3.39. The third-order valence-electron chi connectivity index (χ3n) is 3.58. The van der Waals surface area contributed by atoms with Gasteiger partial charge < -0.3 is 4.42 Å². The number of nitrogens with one attached hydrogen (secondary N) is 1. The lowest BCUT2D eigenvalue weighted by atomic mass is 10.1. The summed E-state index contributed by atoms with van der Waals surface area (Å²) in [4.78, 5) is 21.4. The lowest BCUT2D eigenvalue weighted by Gasteiger charge is -2.09. The summed E-state index contributed by atoms with van der Waals surface area (Å²) in [6.07, 6.45) is 0. The van der Waals surface area contributed by atoms with Crippen molar-refractivity contribution in [3.05, 3.63) is 74.6 Å². The molecule has 0 atom stereocenters. The van der Waals surface area contributed by atoms with E-state index in [4.69, 9.17) is 16.0 Å². The van der Waals surface area contributed by atoms with E-state index in [2.05, 4.69) is 4.72 Å². The van der Waals surface area contributed by atoms with Crippen LogP contribution in [-0.2, 0) is 15.9 Å². The van der Waals surface area contributed by atoms with Crippen LogP contribution in [0.15, 0.2) is 62.6 Å². The van der Waals surface area contributed by atoms with Crippen LogP contribution in [0, 0.1) is 10.1 Å². The first kappa shape index (κ1) is 17.9. The van der Waals surface area contributed by atoms with Gasteiger partial charge in [0.2, 0.25) is 0 Å². The Morgan fingerprint density at radius 1 is 1.15 bits per heavy atom. The van der Waals surface area contributed by atoms with Gasteiger partial charge in [-0.1, -0.05) is 12.1 Å². The topological polar surface area (TPSA) is 120 Å². The summed E-state index contributed by atoms with van der Waals surface area (Å²) in [5, 5.41) is 11.6. The first-order chi connectivity index (χ1) is 12.3. The highest BCUT2D eigenvalue weighted by Crippen LogP contribution is 2.27. The number of halogens is 1. The van der Waals surface area contributed by atoms with E-state index in [0.717, 1.165) is 12.1 Å². The second-order valence-electron chi connectivity index (χ2n) is 5.27. The molecule has 1 aromatic heterocycles. The zero-order valence-electron chi connectivity index (χ0n) is 13.0. The SMILES string of the molecule is O=c1cc(CCl)c2ccc(NS(=O)(=O)c3ccccc3[N+](=O)[O-])cc2o1. The number of benzene rings is 2. The molecule has 0 amide bonds. The molecular weight excluding hydrogens is 384 g/mol. The van der Waals surface area contributed by atoms with Crippen molar-refractivity contribution >= 4 is 44.0 Å². The van der Waals surface area contributed by atoms with Gasteiger partial charge in [0.25, 0.3) is 15.7 Å². The molecule has 0 aliphatic rings. The minimum absolute atomic E-state index is 0.0867. The monoisotopic (exact) mass is 394 g/mol. The maximum absolute atomic E-state index is 12.5. The molecule has 1 heterocycles. The molecule has 0 aliphatic carbocycles. The van der Waals surface area contributed by atoms with Crippen molar-refractivity contribution < 1.29 is 17.8 Å². The second-order valence-corrected chi connectivity index (χ2v) is 7.18. The minimum Gasteiger partial charge on any atom is -0.423 e. The van der Waals surface area contributed by atoms with Gasteiger partial charge >= 0.3 is 5.63 Å². The van der Waals surface area contributed by atoms with Crippen LogP contribution in [0.4, 0.5) is 11.4 Å². The van der Waals surface area contributed by atoms with Crippen molar-refractivity contribution in [1.82, 2.24) is 0 Å². The van der Waals surface area contributed by atoms with E-state index in [1.165, 1.54) is 30.3 Å². The van der Waals surface area contributed by atoms with Crippen molar-refractivity contribution in [2.45, 2.75) is 10.8 Å². The molecule has 0 saturated heterocycles. The van der Waals surface area contributed by atoms with Gasteiger partial charge in [-0.15, -0.1) is 11.6 Å². The van der Waals surface area contributed by atoms with Crippen LogP contribution in [0.2, 0.25) is 0 Å². The number of alkyl halides is 1. The smallest absolute Gasteiger partial charge is 0.336 e. The van der Waals surface area contributed by atoms with E-state index in [9.17, 15) is 23.3 Å². The third-order valence-corrected chi connectivity index (χ3v) is 5.29. The Kier molecular flexibility index (Phi) is 4.66. The molecule has 26 heavy (non-hydrogen) atoms. The molecule has 3 rings (SSSR count). The van der Waals surface area contributed by atoms with Crippen LogP contribution in [0.1, 0.15) is 5.56 Å². The molecule has 2 aromatic carbocycles. The number of fused-ring (bicyclic) bond motifs is 1. The van der Waals surface area contributed by atoms with E-state index in [1.807, 2.05) is 0 Å². The second kappa shape index (κ2) is 6.77. The molecule has 0 saturated carbocycles. The molecule has 0 bridgehead atoms. The highest BCUT2D eigenvalue weighted by atomic mass is 35.5. The van der Waals surface area contributed by atoms with Gasteiger partial charge in [0.15, 0.2) is 4.90 Å². The molecule has 0 unspecified atom stereocenters. The maximum atomic E-state index is 12.5. The van der Waals surface area contributed by atoms with Gasteiger partial charge in [0.1, 0.15) is 5.58 Å². The van der Waals surface area contributed by atoms with E-state index in [0.29, 0.717) is 10.9 Å². The first-order valence-electron chi connectivity index (χ1n) is 7.21. The van der Waals surface area contributed by atoms with Gasteiger partial charge in [-0.25, -0.2) is 13.2 Å². The van der Waals surface area contributed by atoms with Crippen molar-refractivity contribution in [3.63, 3.8) is 0 Å². The normalized spacial score (nSPS) is 11.4. The van der Waals surface area contributed by atoms with Gasteiger partial charge in [0, 0.05) is 29.5 Å². The number of anilines is 1. The molecule has 0 radical (unpaired) electrons. The summed E-state index contributed by atoms with van der Waals surface area (Å²) < 4.78 is 32.4. The zero-order chi connectivity index (χ0) is 18.9. The number of nitrogens with zero attached hydrogens (tertiary/aromatic N) is 1. The number of rotatable bonds is 5. The minimum atomic E-state index is -4.22. The first-order valence-corrected chi connectivity index (χ1v) is 9.22. The summed E-state index contributed by atoms with van der Waals surface area (Å²) in [6, 6.07) is 10.6. The number of sulfonamides is 1. The predicted octanol–water partition coefficient (Wildman–Crippen LogP) is 3.24. The van der Waals surface area contributed by atoms with Gasteiger partial charge in [-0.3, -0.25) is 14.8 Å². The van der Waals surface area contributed by atoms with Crippen LogP contribution >= 0.6 is 11.6 Å². The van der Waals surface area contributed by atoms with Crippen LogP contribution in [0.25, 0.3) is 11.0 Å². The number of hydrogen-bond donors (Lipinski definition) is 1. The molecule has 0 fully saturated rings. The zero-order valence-corrected chi connectivity index (χ0v) is 14.6. The number of nitro groups is 1. The molecule has 0 spiro atoms. The Morgan fingerprint density at radius 3 is 2.58 bits per heavy atom. The molecular formula is C16H11ClN2O6S. The number of nitro benzene ring substituents is 1. The standard InChI is InChI=1S/C16H11ClN2O6S/c17-9-10-7-16(20)25-14-8-11(5-6-12(10)14)18-26(23,24)15-4-2-1-3-13(15)19(21)22/h1-8,18H,9H2. The van der Waals surface area contributed by atoms with Crippen LogP contribution in [-0.4, -0.2) is 13.3 Å². The van der Waals surface area contributed by atoms with Gasteiger partial charge in [-0.2, -0.15) is 0 Å². The largest absolute Gasteiger partial charge is 0.423 e. The predicted molar refractivity (Wildman–Crippen MR) is 95.9 cm³/mol. The highest BCUT2D eigenvalue weighted by molar-refractivity contribution is 7.92. The Morgan fingerprint density at radius 2 is 1.88 bits per heavy atom. The molecule has 0 aliphatic heterocycles. The van der Waals surface area contributed by atoms with Crippen LogP contribution in [0.3, 0.4) is 0 Å². The van der Waals surface area contributed by atoms with E-state index in [1.54, 1.807) is 6.07 Å². The quantitative estimate of drug-likeness (QED) is 0.307. The Bertz CT molecular complexity index is 1170. The summed E-state index contributed by atoms with van der Waals surface area (Å²) in [5.41, 5.74) is -0.379. The lowest BCUT2D eigenvalue weighted by molar-refractivity contribution is -0.387. The van der Waals surface area contributed by atoms with Crippen molar-refractivity contribution in [3.8, 4) is 0 Å².